The van der Waals surface area contributed by atoms with Crippen molar-refractivity contribution in [1.82, 2.24) is 20.1 Å². The van der Waals surface area contributed by atoms with Crippen LogP contribution in [0, 0.1) is 10.1 Å². The molecule has 10 nitrogen and oxygen atoms in total. The molecule has 0 aliphatic rings. The summed E-state index contributed by atoms with van der Waals surface area (Å²) in [6, 6.07) is 10.4. The molecule has 0 bridgehead atoms. The largest absolute Gasteiger partial charge is 0.355 e. The van der Waals surface area contributed by atoms with Crippen LogP contribution in [0.3, 0.4) is 0 Å². The first-order valence-corrected chi connectivity index (χ1v) is 7.77. The van der Waals surface area contributed by atoms with Crippen molar-refractivity contribution in [2.75, 3.05) is 12.4 Å². The molecule has 0 saturated heterocycles. The molecule has 0 atom stereocenters. The van der Waals surface area contributed by atoms with Crippen molar-refractivity contribution in [3.63, 3.8) is 0 Å². The summed E-state index contributed by atoms with van der Waals surface area (Å²) < 4.78 is 1.24. The Hall–Kier alpha value is -4.08. The molecule has 2 amide bonds. The van der Waals surface area contributed by atoms with E-state index in [-0.39, 0.29) is 28.4 Å². The number of nitro benzene ring substituents is 1. The molecule has 0 radical (unpaired) electrons. The standard InChI is InChI=1S/C17H14N6O4/c1-18-17(25)12-4-2-3-5-13(12)21-16(24)11-6-7-14(15(8-11)23(26)27)22-10-19-9-20-22/h2-10H,1H3,(H,18,25)(H,21,24). The van der Waals surface area contributed by atoms with Crippen molar-refractivity contribution < 1.29 is 14.5 Å². The van der Waals surface area contributed by atoms with E-state index in [1.54, 1.807) is 24.3 Å². The molecule has 0 aliphatic carbocycles. The van der Waals surface area contributed by atoms with Gasteiger partial charge in [0.25, 0.3) is 17.5 Å². The Bertz CT molecular complexity index is 1020. The van der Waals surface area contributed by atoms with E-state index in [2.05, 4.69) is 20.7 Å². The van der Waals surface area contributed by atoms with E-state index in [0.29, 0.717) is 5.69 Å². The third kappa shape index (κ3) is 3.63. The zero-order valence-corrected chi connectivity index (χ0v) is 14.1. The smallest absolute Gasteiger partial charge is 0.295 e. The van der Waals surface area contributed by atoms with Crippen molar-refractivity contribution >= 4 is 23.2 Å². The van der Waals surface area contributed by atoms with Crippen molar-refractivity contribution in [2.45, 2.75) is 0 Å². The van der Waals surface area contributed by atoms with Gasteiger partial charge in [-0.2, -0.15) is 5.10 Å². The van der Waals surface area contributed by atoms with Crippen LogP contribution < -0.4 is 10.6 Å². The Morgan fingerprint density at radius 2 is 1.93 bits per heavy atom. The molecule has 0 aliphatic heterocycles. The molecule has 2 aromatic carbocycles. The second-order valence-corrected chi connectivity index (χ2v) is 5.38. The number of nitrogens with one attached hydrogen (secondary N) is 2. The molecule has 0 saturated carbocycles. The van der Waals surface area contributed by atoms with Crippen molar-refractivity contribution in [1.29, 1.82) is 0 Å². The monoisotopic (exact) mass is 366 g/mol. The summed E-state index contributed by atoms with van der Waals surface area (Å²) in [7, 11) is 1.48. The molecule has 3 aromatic rings. The molecule has 0 spiro atoms. The highest BCUT2D eigenvalue weighted by Crippen LogP contribution is 2.24. The Morgan fingerprint density at radius 1 is 1.15 bits per heavy atom. The van der Waals surface area contributed by atoms with Gasteiger partial charge in [-0.15, -0.1) is 0 Å². The van der Waals surface area contributed by atoms with E-state index in [1.807, 2.05) is 0 Å². The van der Waals surface area contributed by atoms with Crippen LogP contribution in [0.15, 0.2) is 55.1 Å². The summed E-state index contributed by atoms with van der Waals surface area (Å²) in [5, 5.41) is 20.4. The van der Waals surface area contributed by atoms with E-state index < -0.39 is 10.8 Å². The van der Waals surface area contributed by atoms with Crippen molar-refractivity contribution in [3.8, 4) is 5.69 Å². The molecule has 136 valence electrons. The van der Waals surface area contributed by atoms with Gasteiger partial charge in [-0.25, -0.2) is 9.67 Å². The molecule has 3 rings (SSSR count). The van der Waals surface area contributed by atoms with Gasteiger partial charge in [0.2, 0.25) is 0 Å². The highest BCUT2D eigenvalue weighted by atomic mass is 16.6. The van der Waals surface area contributed by atoms with Gasteiger partial charge in [0, 0.05) is 18.7 Å². The number of benzene rings is 2. The van der Waals surface area contributed by atoms with E-state index in [1.165, 1.54) is 36.5 Å². The number of hydrogen-bond acceptors (Lipinski definition) is 6. The third-order valence-electron chi connectivity index (χ3n) is 3.75. The predicted octanol–water partition coefficient (Wildman–Crippen LogP) is 1.79. The number of amides is 2. The van der Waals surface area contributed by atoms with Crippen LogP contribution in [-0.2, 0) is 0 Å². The van der Waals surface area contributed by atoms with Gasteiger partial charge in [-0.05, 0) is 24.3 Å². The normalized spacial score (nSPS) is 10.3. The molecule has 1 heterocycles. The van der Waals surface area contributed by atoms with Crippen LogP contribution in [0.4, 0.5) is 11.4 Å². The topological polar surface area (TPSA) is 132 Å². The molecule has 10 heteroatoms. The van der Waals surface area contributed by atoms with Gasteiger partial charge >= 0.3 is 0 Å². The Kier molecular flexibility index (Phi) is 4.88. The molecule has 2 N–H and O–H groups in total. The number of anilines is 1. The molecule has 1 aromatic heterocycles. The molecule has 0 unspecified atom stereocenters. The minimum atomic E-state index is -0.605. The number of nitrogens with zero attached hydrogens (tertiary/aromatic N) is 4. The Labute approximate surface area is 153 Å². The van der Waals surface area contributed by atoms with Crippen LogP contribution in [0.1, 0.15) is 20.7 Å². The minimum Gasteiger partial charge on any atom is -0.355 e. The number of aromatic nitrogens is 3. The fourth-order valence-corrected chi connectivity index (χ4v) is 2.46. The minimum absolute atomic E-state index is 0.0669. The zero-order chi connectivity index (χ0) is 19.4. The number of rotatable bonds is 5. The first-order chi connectivity index (χ1) is 13.0. The fourth-order valence-electron chi connectivity index (χ4n) is 2.46. The second kappa shape index (κ2) is 7.44. The Morgan fingerprint density at radius 3 is 2.59 bits per heavy atom. The average molecular weight is 366 g/mol. The fraction of sp³-hybridized carbons (Fsp3) is 0.0588. The molecule has 0 fully saturated rings. The summed E-state index contributed by atoms with van der Waals surface area (Å²) >= 11 is 0. The second-order valence-electron chi connectivity index (χ2n) is 5.38. The van der Waals surface area contributed by atoms with E-state index >= 15 is 0 Å². The summed E-state index contributed by atoms with van der Waals surface area (Å²) in [6.45, 7) is 0. The van der Waals surface area contributed by atoms with E-state index in [4.69, 9.17) is 0 Å². The zero-order valence-electron chi connectivity index (χ0n) is 14.1. The predicted molar refractivity (Wildman–Crippen MR) is 95.8 cm³/mol. The maximum absolute atomic E-state index is 12.5. The maximum atomic E-state index is 12.5. The van der Waals surface area contributed by atoms with E-state index in [0.717, 1.165) is 6.07 Å². The van der Waals surface area contributed by atoms with Gasteiger partial charge in [0.1, 0.15) is 18.3 Å². The highest BCUT2D eigenvalue weighted by molar-refractivity contribution is 6.09. The number of carbonyl (C=O) groups excluding carboxylic acids is 2. The number of hydrogen-bond donors (Lipinski definition) is 2. The van der Waals surface area contributed by atoms with E-state index in [9.17, 15) is 19.7 Å². The average Bonchev–Trinajstić information content (AvgIpc) is 3.22. The van der Waals surface area contributed by atoms with Gasteiger partial charge in [0.05, 0.1) is 16.2 Å². The SMILES string of the molecule is CNC(=O)c1ccccc1NC(=O)c1ccc(-n2cncn2)c([N+](=O)[O-])c1. The van der Waals surface area contributed by atoms with Crippen LogP contribution in [0.2, 0.25) is 0 Å². The summed E-state index contributed by atoms with van der Waals surface area (Å²) in [6.07, 6.45) is 2.57. The number of carbonyl (C=O) groups is 2. The summed E-state index contributed by atoms with van der Waals surface area (Å²) in [5.41, 5.74) is 0.525. The van der Waals surface area contributed by atoms with Gasteiger partial charge < -0.3 is 10.6 Å². The molecular weight excluding hydrogens is 352 g/mol. The number of nitro groups is 1. The Balaban J connectivity index is 1.94. The first kappa shape index (κ1) is 17.7. The molecular formula is C17H14N6O4. The lowest BCUT2D eigenvalue weighted by Crippen LogP contribution is -2.21. The lowest BCUT2D eigenvalue weighted by Gasteiger charge is -2.10. The first-order valence-electron chi connectivity index (χ1n) is 7.77. The highest BCUT2D eigenvalue weighted by Gasteiger charge is 2.20. The summed E-state index contributed by atoms with van der Waals surface area (Å²) in [5.74, 6) is -0.946. The van der Waals surface area contributed by atoms with Gasteiger partial charge in [-0.1, -0.05) is 12.1 Å². The summed E-state index contributed by atoms with van der Waals surface area (Å²) in [4.78, 5) is 39.0. The van der Waals surface area contributed by atoms with Crippen LogP contribution in [-0.4, -0.2) is 38.5 Å². The number of para-hydroxylation sites is 1. The molecule has 27 heavy (non-hydrogen) atoms. The lowest BCUT2D eigenvalue weighted by atomic mass is 10.1. The quantitative estimate of drug-likeness (QED) is 0.522. The van der Waals surface area contributed by atoms with Crippen molar-refractivity contribution in [3.05, 3.63) is 76.4 Å². The van der Waals surface area contributed by atoms with Crippen LogP contribution >= 0.6 is 0 Å². The van der Waals surface area contributed by atoms with Gasteiger partial charge in [-0.3, -0.25) is 19.7 Å². The van der Waals surface area contributed by atoms with Gasteiger partial charge in [0.15, 0.2) is 0 Å². The third-order valence-corrected chi connectivity index (χ3v) is 3.75. The van der Waals surface area contributed by atoms with Crippen molar-refractivity contribution in [2.24, 2.45) is 0 Å². The van der Waals surface area contributed by atoms with Crippen LogP contribution in [0.25, 0.3) is 5.69 Å². The lowest BCUT2D eigenvalue weighted by molar-refractivity contribution is -0.384. The van der Waals surface area contributed by atoms with Crippen LogP contribution in [0.5, 0.6) is 0 Å². The maximum Gasteiger partial charge on any atom is 0.295 e.